The normalized spacial score (nSPS) is 18.2. The second-order valence-corrected chi connectivity index (χ2v) is 6.55. The van der Waals surface area contributed by atoms with E-state index < -0.39 is 0 Å². The molecule has 0 spiro atoms. The fraction of sp³-hybridized carbons (Fsp3) is 0.474. The van der Waals surface area contributed by atoms with Crippen molar-refractivity contribution in [2.45, 2.75) is 38.4 Å². The number of piperidine rings is 1. The zero-order valence-electron chi connectivity index (χ0n) is 14.5. The van der Waals surface area contributed by atoms with Gasteiger partial charge in [0.1, 0.15) is 0 Å². The van der Waals surface area contributed by atoms with Gasteiger partial charge in [0.15, 0.2) is 0 Å². The van der Waals surface area contributed by atoms with Gasteiger partial charge in [0, 0.05) is 25.0 Å². The number of nitrogens with one attached hydrogen (secondary N) is 1. The summed E-state index contributed by atoms with van der Waals surface area (Å²) in [5.74, 6) is 0.00856. The van der Waals surface area contributed by atoms with E-state index in [9.17, 15) is 9.90 Å². The highest BCUT2D eigenvalue weighted by molar-refractivity contribution is 5.78. The fourth-order valence-corrected chi connectivity index (χ4v) is 3.36. The first kappa shape index (κ1) is 17.6. The summed E-state index contributed by atoms with van der Waals surface area (Å²) in [6.45, 7) is 2.56. The van der Waals surface area contributed by atoms with Crippen molar-refractivity contribution in [3.63, 3.8) is 0 Å². The molecule has 1 amide bonds. The Bertz CT molecular complexity index is 672. The summed E-state index contributed by atoms with van der Waals surface area (Å²) in [6, 6.07) is 10.1. The summed E-state index contributed by atoms with van der Waals surface area (Å²) in [5, 5.41) is 16.7. The van der Waals surface area contributed by atoms with Crippen LogP contribution in [0.25, 0.3) is 0 Å². The molecule has 1 aliphatic heterocycles. The highest BCUT2D eigenvalue weighted by atomic mass is 16.3. The van der Waals surface area contributed by atoms with Crippen molar-refractivity contribution < 1.29 is 9.90 Å². The molecule has 6 nitrogen and oxygen atoms in total. The number of carbonyl (C=O) groups excluding carboxylic acids is 1. The summed E-state index contributed by atoms with van der Waals surface area (Å²) in [6.07, 6.45) is 6.89. The molecule has 0 radical (unpaired) electrons. The van der Waals surface area contributed by atoms with E-state index in [1.165, 1.54) is 0 Å². The Kier molecular flexibility index (Phi) is 6.19. The number of hydrogen-bond donors (Lipinski definition) is 2. The Labute approximate surface area is 148 Å². The molecule has 25 heavy (non-hydrogen) atoms. The van der Waals surface area contributed by atoms with Crippen LogP contribution in [0.15, 0.2) is 42.7 Å². The Balaban J connectivity index is 1.55. The van der Waals surface area contributed by atoms with Crippen molar-refractivity contribution in [2.24, 2.45) is 0 Å². The quantitative estimate of drug-likeness (QED) is 0.798. The van der Waals surface area contributed by atoms with E-state index in [-0.39, 0.29) is 18.6 Å². The van der Waals surface area contributed by atoms with Gasteiger partial charge in [-0.1, -0.05) is 30.7 Å². The maximum absolute atomic E-state index is 12.3. The molecule has 1 aliphatic rings. The molecule has 2 aromatic rings. The zero-order valence-corrected chi connectivity index (χ0v) is 14.5. The Hall–Kier alpha value is -2.18. The van der Waals surface area contributed by atoms with Gasteiger partial charge in [-0.15, -0.1) is 0 Å². The number of aromatic nitrogens is 2. The van der Waals surface area contributed by atoms with E-state index in [4.69, 9.17) is 0 Å². The minimum absolute atomic E-state index is 0.00856. The van der Waals surface area contributed by atoms with Crippen LogP contribution in [0.3, 0.4) is 0 Å². The molecule has 2 N–H and O–H groups in total. The lowest BCUT2D eigenvalue weighted by molar-refractivity contribution is -0.123. The molecule has 6 heteroatoms. The second-order valence-electron chi connectivity index (χ2n) is 6.55. The highest BCUT2D eigenvalue weighted by Crippen LogP contribution is 2.16. The van der Waals surface area contributed by atoms with Gasteiger partial charge in [-0.05, 0) is 36.6 Å². The van der Waals surface area contributed by atoms with Crippen LogP contribution in [0.2, 0.25) is 0 Å². The molecule has 2 heterocycles. The van der Waals surface area contributed by atoms with Crippen molar-refractivity contribution in [2.75, 3.05) is 19.7 Å². The molecule has 134 valence electrons. The number of likely N-dealkylation sites (tertiary alicyclic amines) is 1. The number of amides is 1. The van der Waals surface area contributed by atoms with E-state index in [1.807, 2.05) is 35.1 Å². The van der Waals surface area contributed by atoms with Crippen LogP contribution in [0.4, 0.5) is 0 Å². The van der Waals surface area contributed by atoms with Crippen LogP contribution in [0.5, 0.6) is 0 Å². The minimum atomic E-state index is 0.00856. The lowest BCUT2D eigenvalue weighted by Crippen LogP contribution is -2.47. The lowest BCUT2D eigenvalue weighted by atomic mass is 10.0. The topological polar surface area (TPSA) is 70.4 Å². The summed E-state index contributed by atoms with van der Waals surface area (Å²) >= 11 is 0. The Morgan fingerprint density at radius 1 is 1.24 bits per heavy atom. The predicted molar refractivity (Wildman–Crippen MR) is 95.9 cm³/mol. The van der Waals surface area contributed by atoms with E-state index in [1.54, 1.807) is 6.20 Å². The molecule has 1 fully saturated rings. The Morgan fingerprint density at radius 3 is 2.84 bits per heavy atom. The van der Waals surface area contributed by atoms with Crippen molar-refractivity contribution in [1.29, 1.82) is 0 Å². The van der Waals surface area contributed by atoms with Crippen molar-refractivity contribution in [3.05, 3.63) is 53.9 Å². The maximum atomic E-state index is 12.3. The van der Waals surface area contributed by atoms with E-state index in [0.29, 0.717) is 19.6 Å². The zero-order chi connectivity index (χ0) is 17.5. The van der Waals surface area contributed by atoms with Gasteiger partial charge in [-0.3, -0.25) is 14.4 Å². The van der Waals surface area contributed by atoms with Crippen molar-refractivity contribution in [1.82, 2.24) is 20.0 Å². The van der Waals surface area contributed by atoms with E-state index in [0.717, 1.165) is 36.9 Å². The van der Waals surface area contributed by atoms with Crippen LogP contribution in [-0.4, -0.2) is 51.4 Å². The Morgan fingerprint density at radius 2 is 2.08 bits per heavy atom. The van der Waals surface area contributed by atoms with E-state index >= 15 is 0 Å². The van der Waals surface area contributed by atoms with Gasteiger partial charge >= 0.3 is 0 Å². The second kappa shape index (κ2) is 8.78. The summed E-state index contributed by atoms with van der Waals surface area (Å²) in [7, 11) is 0. The first-order valence-corrected chi connectivity index (χ1v) is 8.92. The van der Waals surface area contributed by atoms with Crippen LogP contribution < -0.4 is 5.32 Å². The van der Waals surface area contributed by atoms with Crippen molar-refractivity contribution in [3.8, 4) is 0 Å². The number of nitrogens with zero attached hydrogens (tertiary/aromatic N) is 3. The van der Waals surface area contributed by atoms with Gasteiger partial charge in [0.2, 0.25) is 5.91 Å². The van der Waals surface area contributed by atoms with Gasteiger partial charge in [-0.2, -0.15) is 5.10 Å². The molecule has 0 saturated carbocycles. The lowest BCUT2D eigenvalue weighted by Gasteiger charge is -2.33. The third-order valence-electron chi connectivity index (χ3n) is 4.79. The average molecular weight is 342 g/mol. The summed E-state index contributed by atoms with van der Waals surface area (Å²) < 4.78 is 1.88. The standard InChI is InChI=1S/C19H26N4O2/c24-15-18-8-3-4-10-22(18)14-19(25)20-12-16-6-1-2-7-17(16)13-23-11-5-9-21-23/h1-2,5-7,9,11,18,24H,3-4,8,10,12-15H2,(H,20,25). The molecule has 0 bridgehead atoms. The first-order chi connectivity index (χ1) is 12.3. The van der Waals surface area contributed by atoms with Crippen LogP contribution >= 0.6 is 0 Å². The molecule has 3 rings (SSSR count). The molecule has 1 aromatic heterocycles. The number of hydrogen-bond acceptors (Lipinski definition) is 4. The highest BCUT2D eigenvalue weighted by Gasteiger charge is 2.23. The molecular formula is C19H26N4O2. The van der Waals surface area contributed by atoms with Crippen LogP contribution in [-0.2, 0) is 17.9 Å². The van der Waals surface area contributed by atoms with Gasteiger partial charge < -0.3 is 10.4 Å². The average Bonchev–Trinajstić information content (AvgIpc) is 3.14. The van der Waals surface area contributed by atoms with Crippen molar-refractivity contribution >= 4 is 5.91 Å². The molecular weight excluding hydrogens is 316 g/mol. The van der Waals surface area contributed by atoms with Crippen LogP contribution in [0, 0.1) is 0 Å². The molecule has 1 aromatic carbocycles. The fourth-order valence-electron chi connectivity index (χ4n) is 3.36. The monoisotopic (exact) mass is 342 g/mol. The van der Waals surface area contributed by atoms with Gasteiger partial charge in [-0.25, -0.2) is 0 Å². The minimum Gasteiger partial charge on any atom is -0.395 e. The smallest absolute Gasteiger partial charge is 0.234 e. The molecule has 1 atom stereocenters. The van der Waals surface area contributed by atoms with Gasteiger partial charge in [0.05, 0.1) is 19.7 Å². The maximum Gasteiger partial charge on any atom is 0.234 e. The number of carbonyl (C=O) groups is 1. The molecule has 0 aliphatic carbocycles. The SMILES string of the molecule is O=C(CN1CCCCC1CO)NCc1ccccc1Cn1cccn1. The number of aliphatic hydroxyl groups is 1. The first-order valence-electron chi connectivity index (χ1n) is 8.92. The number of benzene rings is 1. The van der Waals surface area contributed by atoms with E-state index in [2.05, 4.69) is 21.4 Å². The van der Waals surface area contributed by atoms with Gasteiger partial charge in [0.25, 0.3) is 0 Å². The number of rotatable bonds is 7. The third kappa shape index (κ3) is 4.90. The van der Waals surface area contributed by atoms with Crippen LogP contribution in [0.1, 0.15) is 30.4 Å². The summed E-state index contributed by atoms with van der Waals surface area (Å²) in [5.41, 5.74) is 2.25. The number of aliphatic hydroxyl groups excluding tert-OH is 1. The molecule has 1 saturated heterocycles. The largest absolute Gasteiger partial charge is 0.395 e. The molecule has 1 unspecified atom stereocenters. The summed E-state index contributed by atoms with van der Waals surface area (Å²) in [4.78, 5) is 14.4. The third-order valence-corrected chi connectivity index (χ3v) is 4.79. The predicted octanol–water partition coefficient (Wildman–Crippen LogP) is 1.39.